The van der Waals surface area contributed by atoms with Gasteiger partial charge in [0.1, 0.15) is 0 Å². The van der Waals surface area contributed by atoms with E-state index >= 15 is 0 Å². The fraction of sp³-hybridized carbons (Fsp3) is 0.429. The number of rotatable bonds is 5. The molecule has 0 aromatic heterocycles. The Hall–Kier alpha value is -1.07. The number of fused-ring (bicyclic) bond motifs is 2. The molecular formula is C21H29IN2. The minimum Gasteiger partial charge on any atom is -1.00 e. The van der Waals surface area contributed by atoms with Crippen LogP contribution in [-0.2, 0) is 13.0 Å². The zero-order valence-electron chi connectivity index (χ0n) is 15.1. The number of nitrogens with zero attached hydrogens (tertiary/aromatic N) is 2. The summed E-state index contributed by atoms with van der Waals surface area (Å²) in [6.07, 6.45) is 1.05. The van der Waals surface area contributed by atoms with Gasteiger partial charge in [0, 0.05) is 12.2 Å². The average Bonchev–Trinajstić information content (AvgIpc) is 2.76. The molecule has 0 bridgehead atoms. The molecule has 0 aliphatic carbocycles. The van der Waals surface area contributed by atoms with Crippen molar-refractivity contribution in [1.82, 2.24) is 0 Å². The SMILES string of the molecule is CC[N+](C)(CC)CCN1Cc2ccccc2Cc2ccccc21.[I-]. The minimum atomic E-state index is 0. The third-order valence-corrected chi connectivity index (χ3v) is 5.63. The molecule has 0 spiro atoms. The summed E-state index contributed by atoms with van der Waals surface area (Å²) in [6, 6.07) is 17.8. The maximum atomic E-state index is 2.59. The third kappa shape index (κ3) is 4.12. The number of likely N-dealkylation sites (N-methyl/N-ethyl adjacent to an activating group) is 1. The van der Waals surface area contributed by atoms with Crippen molar-refractivity contribution in [3.8, 4) is 0 Å². The molecule has 1 aliphatic rings. The summed E-state index contributed by atoms with van der Waals surface area (Å²) in [5.41, 5.74) is 5.83. The molecule has 0 amide bonds. The zero-order chi connectivity index (χ0) is 16.3. The van der Waals surface area contributed by atoms with Gasteiger partial charge >= 0.3 is 0 Å². The average molecular weight is 436 g/mol. The number of quaternary nitrogens is 1. The van der Waals surface area contributed by atoms with Crippen molar-refractivity contribution < 1.29 is 28.5 Å². The Bertz CT molecular complexity index is 664. The van der Waals surface area contributed by atoms with E-state index in [4.69, 9.17) is 0 Å². The lowest BCUT2D eigenvalue weighted by Crippen LogP contribution is -3.00. The highest BCUT2D eigenvalue weighted by Gasteiger charge is 2.22. The molecule has 0 radical (unpaired) electrons. The Balaban J connectivity index is 0.00000208. The summed E-state index contributed by atoms with van der Waals surface area (Å²) < 4.78 is 1.14. The molecule has 24 heavy (non-hydrogen) atoms. The fourth-order valence-corrected chi connectivity index (χ4v) is 3.45. The molecule has 0 unspecified atom stereocenters. The predicted octanol–water partition coefficient (Wildman–Crippen LogP) is 1.09. The summed E-state index contributed by atoms with van der Waals surface area (Å²) in [4.78, 5) is 2.59. The quantitative estimate of drug-likeness (QED) is 0.501. The molecule has 2 aromatic carbocycles. The van der Waals surface area contributed by atoms with Crippen LogP contribution >= 0.6 is 0 Å². The summed E-state index contributed by atoms with van der Waals surface area (Å²) in [6.45, 7) is 10.3. The Morgan fingerprint density at radius 2 is 1.46 bits per heavy atom. The fourth-order valence-electron chi connectivity index (χ4n) is 3.45. The first-order chi connectivity index (χ1) is 11.1. The van der Waals surface area contributed by atoms with E-state index in [1.54, 1.807) is 0 Å². The van der Waals surface area contributed by atoms with Gasteiger partial charge in [-0.15, -0.1) is 0 Å². The lowest BCUT2D eigenvalue weighted by molar-refractivity contribution is -0.904. The number of benzene rings is 2. The van der Waals surface area contributed by atoms with Gasteiger partial charge in [0.05, 0.1) is 33.2 Å². The molecule has 0 saturated heterocycles. The molecule has 0 N–H and O–H groups in total. The van der Waals surface area contributed by atoms with Gasteiger partial charge in [-0.2, -0.15) is 0 Å². The number of para-hydroxylation sites is 1. The molecule has 0 saturated carbocycles. The number of hydrogen-bond donors (Lipinski definition) is 0. The smallest absolute Gasteiger partial charge is 0.0962 e. The van der Waals surface area contributed by atoms with Crippen LogP contribution in [0, 0.1) is 0 Å². The van der Waals surface area contributed by atoms with Crippen LogP contribution in [0.25, 0.3) is 0 Å². The van der Waals surface area contributed by atoms with Crippen molar-refractivity contribution in [2.75, 3.05) is 38.1 Å². The van der Waals surface area contributed by atoms with Crippen LogP contribution in [0.2, 0.25) is 0 Å². The molecule has 2 aromatic rings. The number of hydrogen-bond acceptors (Lipinski definition) is 1. The van der Waals surface area contributed by atoms with Crippen molar-refractivity contribution in [3.63, 3.8) is 0 Å². The molecule has 1 aliphatic heterocycles. The standard InChI is InChI=1S/C21H29N2.HI/c1-4-23(3,5-2)15-14-22-17-20-12-7-6-10-18(20)16-19-11-8-9-13-21(19)22;/h6-13H,4-5,14-17H2,1-3H3;1H/q+1;/p-1. The second-order valence-electron chi connectivity index (χ2n) is 6.97. The Morgan fingerprint density at radius 3 is 2.12 bits per heavy atom. The van der Waals surface area contributed by atoms with Crippen molar-refractivity contribution in [1.29, 1.82) is 0 Å². The molecule has 0 fully saturated rings. The molecule has 1 heterocycles. The first kappa shape index (κ1) is 19.3. The van der Waals surface area contributed by atoms with E-state index in [2.05, 4.69) is 74.3 Å². The second kappa shape index (κ2) is 8.34. The number of halogens is 1. The minimum absolute atomic E-state index is 0. The summed E-state index contributed by atoms with van der Waals surface area (Å²) in [7, 11) is 2.37. The van der Waals surface area contributed by atoms with Crippen LogP contribution in [0.4, 0.5) is 5.69 Å². The highest BCUT2D eigenvalue weighted by atomic mass is 127. The first-order valence-corrected chi connectivity index (χ1v) is 8.88. The third-order valence-electron chi connectivity index (χ3n) is 5.63. The van der Waals surface area contributed by atoms with Gasteiger partial charge in [-0.3, -0.25) is 0 Å². The molecule has 3 rings (SSSR count). The second-order valence-corrected chi connectivity index (χ2v) is 6.97. The highest BCUT2D eigenvalue weighted by Crippen LogP contribution is 2.30. The van der Waals surface area contributed by atoms with Gasteiger partial charge < -0.3 is 33.4 Å². The molecule has 3 heteroatoms. The zero-order valence-corrected chi connectivity index (χ0v) is 17.3. The molecule has 130 valence electrons. The monoisotopic (exact) mass is 436 g/mol. The van der Waals surface area contributed by atoms with Gasteiger partial charge in [-0.25, -0.2) is 0 Å². The summed E-state index contributed by atoms with van der Waals surface area (Å²) >= 11 is 0. The number of anilines is 1. The lowest BCUT2D eigenvalue weighted by Gasteiger charge is -2.35. The van der Waals surface area contributed by atoms with E-state index in [1.807, 2.05) is 0 Å². The maximum absolute atomic E-state index is 2.59. The van der Waals surface area contributed by atoms with Crippen LogP contribution in [0.3, 0.4) is 0 Å². The van der Waals surface area contributed by atoms with Gasteiger partial charge in [0.25, 0.3) is 0 Å². The molecule has 2 nitrogen and oxygen atoms in total. The van der Waals surface area contributed by atoms with Crippen molar-refractivity contribution in [2.45, 2.75) is 26.8 Å². The van der Waals surface area contributed by atoms with Gasteiger partial charge in [0.15, 0.2) is 0 Å². The first-order valence-electron chi connectivity index (χ1n) is 8.88. The van der Waals surface area contributed by atoms with Crippen molar-refractivity contribution in [2.24, 2.45) is 0 Å². The maximum Gasteiger partial charge on any atom is 0.0962 e. The van der Waals surface area contributed by atoms with E-state index < -0.39 is 0 Å². The topological polar surface area (TPSA) is 3.24 Å². The Morgan fingerprint density at radius 1 is 0.875 bits per heavy atom. The molecular weight excluding hydrogens is 407 g/mol. The summed E-state index contributed by atoms with van der Waals surface area (Å²) in [5.74, 6) is 0. The van der Waals surface area contributed by atoms with E-state index in [9.17, 15) is 0 Å². The van der Waals surface area contributed by atoms with E-state index in [1.165, 1.54) is 42.0 Å². The van der Waals surface area contributed by atoms with Gasteiger partial charge in [-0.05, 0) is 43.0 Å². The van der Waals surface area contributed by atoms with Crippen LogP contribution in [0.1, 0.15) is 30.5 Å². The van der Waals surface area contributed by atoms with Gasteiger partial charge in [0.2, 0.25) is 0 Å². The van der Waals surface area contributed by atoms with E-state index in [0.29, 0.717) is 0 Å². The van der Waals surface area contributed by atoms with Gasteiger partial charge in [-0.1, -0.05) is 42.5 Å². The lowest BCUT2D eigenvalue weighted by atomic mass is 10.0. The summed E-state index contributed by atoms with van der Waals surface area (Å²) in [5, 5.41) is 0. The predicted molar refractivity (Wildman–Crippen MR) is 98.9 cm³/mol. The Labute approximate surface area is 164 Å². The molecule has 0 atom stereocenters. The Kier molecular flexibility index (Phi) is 6.70. The highest BCUT2D eigenvalue weighted by molar-refractivity contribution is 5.58. The van der Waals surface area contributed by atoms with E-state index in [-0.39, 0.29) is 24.0 Å². The van der Waals surface area contributed by atoms with Crippen LogP contribution in [0.15, 0.2) is 48.5 Å². The van der Waals surface area contributed by atoms with Crippen molar-refractivity contribution in [3.05, 3.63) is 65.2 Å². The van der Waals surface area contributed by atoms with Crippen LogP contribution in [0.5, 0.6) is 0 Å². The van der Waals surface area contributed by atoms with E-state index in [0.717, 1.165) is 24.0 Å². The van der Waals surface area contributed by atoms with Crippen LogP contribution in [-0.4, -0.2) is 37.7 Å². The van der Waals surface area contributed by atoms with Crippen LogP contribution < -0.4 is 28.9 Å². The largest absolute Gasteiger partial charge is 1.00 e. The normalized spacial score (nSPS) is 13.5. The van der Waals surface area contributed by atoms with Crippen molar-refractivity contribution >= 4 is 5.69 Å².